The van der Waals surface area contributed by atoms with Crippen LogP contribution in [0.5, 0.6) is 0 Å². The van der Waals surface area contributed by atoms with Crippen LogP contribution in [0.15, 0.2) is 25.3 Å². The first kappa shape index (κ1) is 32.9. The van der Waals surface area contributed by atoms with Gasteiger partial charge in [-0.15, -0.1) is 28.2 Å². The Kier molecular flexibility index (Phi) is 10.6. The fourth-order valence-corrected chi connectivity index (χ4v) is 7.69. The van der Waals surface area contributed by atoms with E-state index in [1.807, 2.05) is 0 Å². The van der Waals surface area contributed by atoms with Crippen molar-refractivity contribution in [1.29, 1.82) is 5.41 Å². The number of nitrogens with two attached hydrogens (primary N) is 2. The summed E-state index contributed by atoms with van der Waals surface area (Å²) in [6.45, 7) is 0. The van der Waals surface area contributed by atoms with Crippen molar-refractivity contribution in [1.82, 2.24) is 24.8 Å². The average molecular weight is 688 g/mol. The first-order valence-corrected chi connectivity index (χ1v) is 15.1. The molecule has 1 fully saturated rings. The zero-order chi connectivity index (χ0) is 31.4. The molecule has 2 aliphatic heterocycles. The minimum Gasteiger partial charge on any atom is -0.477 e. The number of amides is 2. The number of anilines is 1. The molecule has 42 heavy (non-hydrogen) atoms. The molecule has 2 aromatic heterocycles. The van der Waals surface area contributed by atoms with E-state index >= 15 is 0 Å². The number of halogens is 3. The van der Waals surface area contributed by atoms with Crippen LogP contribution in [-0.4, -0.2) is 92.9 Å². The summed E-state index contributed by atoms with van der Waals surface area (Å²) < 4.78 is 36.3. The number of nitrogens with one attached hydrogen (secondary N) is 2. The number of β-lactam (4-membered cyclic amide) rings is 1. The Labute approximate surface area is 252 Å². The van der Waals surface area contributed by atoms with Gasteiger partial charge in [0, 0.05) is 21.8 Å². The number of hydrogen-bond acceptors (Lipinski definition) is 16. The van der Waals surface area contributed by atoms with Crippen molar-refractivity contribution >= 4 is 97.9 Å². The van der Waals surface area contributed by atoms with Crippen LogP contribution in [0.4, 0.5) is 18.3 Å². The number of alkyl halides is 3. The van der Waals surface area contributed by atoms with Crippen molar-refractivity contribution < 1.29 is 47.8 Å². The van der Waals surface area contributed by atoms with Crippen LogP contribution in [0.3, 0.4) is 0 Å². The number of thiazole rings is 1. The van der Waals surface area contributed by atoms with Crippen LogP contribution < -0.4 is 16.8 Å². The van der Waals surface area contributed by atoms with Gasteiger partial charge in [-0.3, -0.25) is 19.9 Å². The van der Waals surface area contributed by atoms with Gasteiger partial charge in [0.2, 0.25) is 0 Å². The van der Waals surface area contributed by atoms with Crippen LogP contribution in [-0.2, 0) is 24.9 Å². The SMILES string of the molecule is N=C(N)SCc1nnsc1SC1=C(C(=O)O)N2C(=O)[C@@H](NC(=O)/C(=N\O)c3csc(N)n3)[C@H]2SC1.O=C(O)C(F)(F)F. The first-order chi connectivity index (χ1) is 19.6. The predicted molar refractivity (Wildman–Crippen MR) is 147 cm³/mol. The molecule has 0 radical (unpaired) electrons. The second-order valence-electron chi connectivity index (χ2n) is 7.52. The van der Waals surface area contributed by atoms with E-state index in [0.29, 0.717) is 20.6 Å². The number of aliphatic carboxylic acids is 2. The fourth-order valence-electron chi connectivity index (χ4n) is 3.11. The highest BCUT2D eigenvalue weighted by Gasteiger charge is 2.54. The van der Waals surface area contributed by atoms with Crippen LogP contribution in [0, 0.1) is 5.41 Å². The third-order valence-electron chi connectivity index (χ3n) is 4.85. The fraction of sp³-hybridized carbons (Fsp3) is 0.278. The van der Waals surface area contributed by atoms with E-state index in [1.54, 1.807) is 0 Å². The number of thioether (sulfide) groups is 3. The van der Waals surface area contributed by atoms with E-state index in [9.17, 15) is 37.9 Å². The van der Waals surface area contributed by atoms with E-state index in [0.717, 1.165) is 51.3 Å². The molecule has 1 saturated heterocycles. The highest BCUT2D eigenvalue weighted by Crippen LogP contribution is 2.46. The predicted octanol–water partition coefficient (Wildman–Crippen LogP) is 1.00. The number of fused-ring (bicyclic) bond motifs is 1. The molecule has 2 aliphatic rings. The molecule has 0 aromatic carbocycles. The lowest BCUT2D eigenvalue weighted by molar-refractivity contribution is -0.192. The second-order valence-corrected chi connectivity index (χ2v) is 12.7. The number of carbonyl (C=O) groups is 4. The van der Waals surface area contributed by atoms with E-state index in [-0.39, 0.29) is 27.4 Å². The quantitative estimate of drug-likeness (QED) is 0.0671. The van der Waals surface area contributed by atoms with Crippen LogP contribution >= 0.6 is 58.2 Å². The van der Waals surface area contributed by atoms with E-state index in [4.69, 9.17) is 26.8 Å². The lowest BCUT2D eigenvalue weighted by Gasteiger charge is -2.49. The summed E-state index contributed by atoms with van der Waals surface area (Å²) >= 11 is 5.61. The standard InChI is InChI=1S/C16H15N9O5S5.C2HF3O2/c17-15(18)32-2-5-14(35-24-22-5)34-6-3-31-12-8(11(27)25(12)9(6)13(28)29)21-10(26)7(23-30)4-1-33-16(19)20-4;3-2(4,5)1(6)7/h1,8,12,30H,2-3H2,(H3,17,18)(H2,19,20)(H,21,26)(H,28,29);(H,6,7)/b23-7-;/t8-,12-;/m1./s1. The van der Waals surface area contributed by atoms with Gasteiger partial charge in [-0.05, 0) is 11.5 Å². The topological polar surface area (TPSA) is 271 Å². The monoisotopic (exact) mass is 687 g/mol. The Bertz CT molecular complexity index is 1480. The Balaban J connectivity index is 0.000000616. The third kappa shape index (κ3) is 7.61. The molecule has 0 saturated carbocycles. The van der Waals surface area contributed by atoms with Gasteiger partial charge in [0.15, 0.2) is 16.0 Å². The number of rotatable bonds is 8. The molecule has 2 aromatic rings. The summed E-state index contributed by atoms with van der Waals surface area (Å²) in [4.78, 5) is 51.9. The molecule has 4 heterocycles. The maximum absolute atomic E-state index is 12.9. The highest BCUT2D eigenvalue weighted by atomic mass is 32.2. The minimum absolute atomic E-state index is 0.0501. The van der Waals surface area contributed by atoms with Gasteiger partial charge in [-0.25, -0.2) is 14.6 Å². The Morgan fingerprint density at radius 2 is 1.98 bits per heavy atom. The number of hydrogen-bond donors (Lipinski definition) is 7. The maximum Gasteiger partial charge on any atom is 0.490 e. The van der Waals surface area contributed by atoms with Gasteiger partial charge < -0.3 is 32.2 Å². The van der Waals surface area contributed by atoms with Gasteiger partial charge in [0.1, 0.15) is 27.0 Å². The van der Waals surface area contributed by atoms with Crippen LogP contribution in [0.1, 0.15) is 11.4 Å². The number of carbonyl (C=O) groups excluding carboxylic acids is 2. The molecule has 2 amide bonds. The van der Waals surface area contributed by atoms with E-state index in [1.165, 1.54) is 17.1 Å². The minimum atomic E-state index is -5.08. The normalized spacial score (nSPS) is 18.4. The summed E-state index contributed by atoms with van der Waals surface area (Å²) in [6, 6.07) is -1.02. The average Bonchev–Trinajstić information content (AvgIpc) is 3.54. The van der Waals surface area contributed by atoms with E-state index in [2.05, 4.69) is 25.0 Å². The number of amidine groups is 1. The number of carboxylic acid groups (broad SMARTS) is 2. The van der Waals surface area contributed by atoms with Crippen LogP contribution in [0.25, 0.3) is 0 Å². The highest BCUT2D eigenvalue weighted by molar-refractivity contribution is 8.13. The molecule has 226 valence electrons. The number of nitrogen functional groups attached to an aromatic ring is 1. The first-order valence-electron chi connectivity index (χ1n) is 10.6. The Morgan fingerprint density at radius 1 is 1.31 bits per heavy atom. The third-order valence-corrected chi connectivity index (χ3v) is 9.75. The van der Waals surface area contributed by atoms with Gasteiger partial charge in [-0.1, -0.05) is 33.2 Å². The maximum atomic E-state index is 12.9. The Morgan fingerprint density at radius 3 is 2.50 bits per heavy atom. The molecule has 0 unspecified atom stereocenters. The molecule has 16 nitrogen and oxygen atoms in total. The molecule has 4 rings (SSSR count). The van der Waals surface area contributed by atoms with Crippen molar-refractivity contribution in [2.24, 2.45) is 10.9 Å². The molecule has 0 aliphatic carbocycles. The van der Waals surface area contributed by atoms with Gasteiger partial charge in [-0.2, -0.15) is 13.2 Å². The smallest absolute Gasteiger partial charge is 0.477 e. The van der Waals surface area contributed by atoms with Crippen molar-refractivity contribution in [2.45, 2.75) is 27.6 Å². The summed E-state index contributed by atoms with van der Waals surface area (Å²) in [7, 11) is 0. The molecule has 2 atom stereocenters. The summed E-state index contributed by atoms with van der Waals surface area (Å²) in [5, 5.41) is 43.9. The summed E-state index contributed by atoms with van der Waals surface area (Å²) in [5.74, 6) is -4.95. The number of oxime groups is 1. The van der Waals surface area contributed by atoms with Crippen LogP contribution in [0.2, 0.25) is 0 Å². The van der Waals surface area contributed by atoms with Crippen molar-refractivity contribution in [3.8, 4) is 0 Å². The lowest BCUT2D eigenvalue weighted by atomic mass is 10.0. The summed E-state index contributed by atoms with van der Waals surface area (Å²) in [5.41, 5.74) is 10.9. The number of nitrogens with zero attached hydrogens (tertiary/aromatic N) is 5. The van der Waals surface area contributed by atoms with Gasteiger partial charge >= 0.3 is 18.1 Å². The largest absolute Gasteiger partial charge is 0.490 e. The molecular weight excluding hydrogens is 672 g/mol. The van der Waals surface area contributed by atoms with Crippen molar-refractivity contribution in [3.05, 3.63) is 27.4 Å². The van der Waals surface area contributed by atoms with Gasteiger partial charge in [0.25, 0.3) is 11.8 Å². The molecule has 0 spiro atoms. The molecule has 24 heteroatoms. The zero-order valence-electron chi connectivity index (χ0n) is 20.2. The van der Waals surface area contributed by atoms with E-state index < -0.39 is 47.1 Å². The molecular formula is C18H16F3N9O7S5. The van der Waals surface area contributed by atoms with Crippen molar-refractivity contribution in [2.75, 3.05) is 11.5 Å². The Hall–Kier alpha value is -3.61. The molecule has 0 bridgehead atoms. The second kappa shape index (κ2) is 13.6. The van der Waals surface area contributed by atoms with Gasteiger partial charge in [0.05, 0.1) is 5.69 Å². The zero-order valence-corrected chi connectivity index (χ0v) is 24.3. The number of carboxylic acids is 2. The lowest BCUT2D eigenvalue weighted by Crippen LogP contribution is -2.71. The molecule has 9 N–H and O–H groups in total. The summed E-state index contributed by atoms with van der Waals surface area (Å²) in [6.07, 6.45) is -5.08. The van der Waals surface area contributed by atoms with Crippen molar-refractivity contribution in [3.63, 3.8) is 0 Å². The number of aromatic nitrogens is 3.